The second kappa shape index (κ2) is 6.10. The number of hydrogen-bond acceptors (Lipinski definition) is 4. The molecule has 1 aliphatic rings. The number of thiophene rings is 1. The maximum atomic E-state index is 12.8. The SMILES string of the molecule is Cc1cc(Oc2ccccc2)ccc1N1C(=O)Nc2csc3nccc1c23. The van der Waals surface area contributed by atoms with E-state index in [1.807, 2.05) is 66.9 Å². The highest BCUT2D eigenvalue weighted by Crippen LogP contribution is 2.43. The first kappa shape index (κ1) is 15.8. The standard InChI is InChI=1S/C21H15N3O2S/c1-13-11-15(26-14-5-3-2-4-6-14)7-8-17(13)24-18-9-10-22-20-19(18)16(12-27-20)23-21(24)25/h2-12H,1H3,(H,23,25). The van der Waals surface area contributed by atoms with Gasteiger partial charge in [-0.2, -0.15) is 0 Å². The molecule has 27 heavy (non-hydrogen) atoms. The highest BCUT2D eigenvalue weighted by Gasteiger charge is 2.29. The van der Waals surface area contributed by atoms with Crippen LogP contribution in [0.3, 0.4) is 0 Å². The lowest BCUT2D eigenvalue weighted by molar-refractivity contribution is 0.259. The molecule has 0 saturated heterocycles. The minimum Gasteiger partial charge on any atom is -0.457 e. The van der Waals surface area contributed by atoms with Gasteiger partial charge in [0, 0.05) is 11.6 Å². The largest absolute Gasteiger partial charge is 0.457 e. The van der Waals surface area contributed by atoms with Gasteiger partial charge in [-0.3, -0.25) is 4.90 Å². The van der Waals surface area contributed by atoms with Crippen LogP contribution >= 0.6 is 11.3 Å². The third-order valence-corrected chi connectivity index (χ3v) is 5.41. The summed E-state index contributed by atoms with van der Waals surface area (Å²) in [7, 11) is 0. The Bertz CT molecular complexity index is 1170. The Morgan fingerprint density at radius 1 is 1.04 bits per heavy atom. The summed E-state index contributed by atoms with van der Waals surface area (Å²) < 4.78 is 5.90. The molecule has 0 aliphatic carbocycles. The topological polar surface area (TPSA) is 54.5 Å². The van der Waals surface area contributed by atoms with E-state index in [2.05, 4.69) is 10.3 Å². The summed E-state index contributed by atoms with van der Waals surface area (Å²) in [4.78, 5) is 19.8. The normalized spacial score (nSPS) is 12.9. The van der Waals surface area contributed by atoms with Crippen molar-refractivity contribution in [3.63, 3.8) is 0 Å². The van der Waals surface area contributed by atoms with E-state index in [0.29, 0.717) is 0 Å². The minimum atomic E-state index is -0.173. The molecule has 2 aromatic carbocycles. The van der Waals surface area contributed by atoms with Crippen LogP contribution < -0.4 is 15.0 Å². The Morgan fingerprint density at radius 2 is 1.89 bits per heavy atom. The molecule has 5 nitrogen and oxygen atoms in total. The number of para-hydroxylation sites is 1. The second-order valence-corrected chi connectivity index (χ2v) is 7.15. The fraction of sp³-hybridized carbons (Fsp3) is 0.0476. The van der Waals surface area contributed by atoms with Crippen molar-refractivity contribution in [3.05, 3.63) is 71.7 Å². The van der Waals surface area contributed by atoms with E-state index in [9.17, 15) is 4.79 Å². The number of benzene rings is 2. The molecule has 4 aromatic rings. The molecular weight excluding hydrogens is 358 g/mol. The first-order valence-electron chi connectivity index (χ1n) is 8.51. The Balaban J connectivity index is 1.56. The molecule has 2 amide bonds. The number of amides is 2. The molecule has 6 heteroatoms. The summed E-state index contributed by atoms with van der Waals surface area (Å²) in [6.45, 7) is 1.97. The maximum Gasteiger partial charge on any atom is 0.331 e. The van der Waals surface area contributed by atoms with Crippen molar-refractivity contribution in [2.24, 2.45) is 0 Å². The van der Waals surface area contributed by atoms with Crippen molar-refractivity contribution in [1.82, 2.24) is 4.98 Å². The van der Waals surface area contributed by atoms with Gasteiger partial charge in [0.25, 0.3) is 0 Å². The molecule has 3 heterocycles. The van der Waals surface area contributed by atoms with Crippen molar-refractivity contribution in [2.45, 2.75) is 6.92 Å². The zero-order chi connectivity index (χ0) is 18.4. The Hall–Kier alpha value is -3.38. The van der Waals surface area contributed by atoms with Crippen LogP contribution in [0.1, 0.15) is 5.56 Å². The fourth-order valence-electron chi connectivity index (χ4n) is 3.31. The van der Waals surface area contributed by atoms with E-state index < -0.39 is 0 Å². The molecule has 0 fully saturated rings. The molecular formula is C21H15N3O2S. The first-order chi connectivity index (χ1) is 13.2. The molecule has 1 N–H and O–H groups in total. The van der Waals surface area contributed by atoms with Gasteiger partial charge in [-0.25, -0.2) is 9.78 Å². The van der Waals surface area contributed by atoms with Crippen LogP contribution in [0.2, 0.25) is 0 Å². The summed E-state index contributed by atoms with van der Waals surface area (Å²) in [5, 5.41) is 5.87. The molecule has 132 valence electrons. The summed E-state index contributed by atoms with van der Waals surface area (Å²) in [6, 6.07) is 17.1. The van der Waals surface area contributed by atoms with Gasteiger partial charge in [0.1, 0.15) is 16.3 Å². The van der Waals surface area contributed by atoms with E-state index in [4.69, 9.17) is 4.74 Å². The predicted octanol–water partition coefficient (Wildman–Crippen LogP) is 6.08. The van der Waals surface area contributed by atoms with Gasteiger partial charge in [-0.1, -0.05) is 18.2 Å². The second-order valence-electron chi connectivity index (χ2n) is 6.29. The first-order valence-corrected chi connectivity index (χ1v) is 9.39. The highest BCUT2D eigenvalue weighted by atomic mass is 32.1. The zero-order valence-electron chi connectivity index (χ0n) is 14.5. The molecule has 0 radical (unpaired) electrons. The van der Waals surface area contributed by atoms with Crippen LogP contribution in [0.4, 0.5) is 21.9 Å². The van der Waals surface area contributed by atoms with Crippen molar-refractivity contribution in [2.75, 3.05) is 10.2 Å². The molecule has 0 atom stereocenters. The van der Waals surface area contributed by atoms with Crippen LogP contribution in [0, 0.1) is 6.92 Å². The number of hydrogen-bond donors (Lipinski definition) is 1. The molecule has 0 spiro atoms. The van der Waals surface area contributed by atoms with Gasteiger partial charge < -0.3 is 10.1 Å². The number of aromatic nitrogens is 1. The number of ether oxygens (including phenoxy) is 1. The van der Waals surface area contributed by atoms with E-state index in [1.54, 1.807) is 11.1 Å². The van der Waals surface area contributed by atoms with Crippen molar-refractivity contribution in [1.29, 1.82) is 0 Å². The van der Waals surface area contributed by atoms with Gasteiger partial charge in [-0.05, 0) is 48.9 Å². The zero-order valence-corrected chi connectivity index (χ0v) is 15.3. The van der Waals surface area contributed by atoms with Gasteiger partial charge in [0.15, 0.2) is 0 Å². The quantitative estimate of drug-likeness (QED) is 0.473. The van der Waals surface area contributed by atoms with Gasteiger partial charge >= 0.3 is 6.03 Å². The van der Waals surface area contributed by atoms with E-state index >= 15 is 0 Å². The van der Waals surface area contributed by atoms with Gasteiger partial charge in [0.05, 0.1) is 22.4 Å². The number of carbonyl (C=O) groups excluding carboxylic acids is 1. The Labute approximate surface area is 159 Å². The number of anilines is 3. The third-order valence-electron chi connectivity index (χ3n) is 4.53. The molecule has 2 aromatic heterocycles. The van der Waals surface area contributed by atoms with Crippen LogP contribution in [-0.2, 0) is 0 Å². The predicted molar refractivity (Wildman–Crippen MR) is 108 cm³/mol. The van der Waals surface area contributed by atoms with E-state index in [0.717, 1.165) is 44.3 Å². The van der Waals surface area contributed by atoms with Crippen LogP contribution in [0.15, 0.2) is 66.2 Å². The average Bonchev–Trinajstić information content (AvgIpc) is 3.08. The number of carbonyl (C=O) groups is 1. The third kappa shape index (κ3) is 2.62. The lowest BCUT2D eigenvalue weighted by atomic mass is 10.1. The molecule has 0 saturated carbocycles. The van der Waals surface area contributed by atoms with Gasteiger partial charge in [-0.15, -0.1) is 11.3 Å². The van der Waals surface area contributed by atoms with E-state index in [1.165, 1.54) is 11.3 Å². The van der Waals surface area contributed by atoms with Crippen LogP contribution in [0.5, 0.6) is 11.5 Å². The number of nitrogens with one attached hydrogen (secondary N) is 1. The molecule has 0 bridgehead atoms. The van der Waals surface area contributed by atoms with Crippen molar-refractivity contribution < 1.29 is 9.53 Å². The lowest BCUT2D eigenvalue weighted by Crippen LogP contribution is -2.34. The van der Waals surface area contributed by atoms with Crippen molar-refractivity contribution in [3.8, 4) is 11.5 Å². The van der Waals surface area contributed by atoms with Crippen LogP contribution in [0.25, 0.3) is 10.2 Å². The molecule has 1 aliphatic heterocycles. The highest BCUT2D eigenvalue weighted by molar-refractivity contribution is 7.17. The van der Waals surface area contributed by atoms with E-state index in [-0.39, 0.29) is 6.03 Å². The molecule has 5 rings (SSSR count). The van der Waals surface area contributed by atoms with Crippen LogP contribution in [-0.4, -0.2) is 11.0 Å². The lowest BCUT2D eigenvalue weighted by Gasteiger charge is -2.29. The number of urea groups is 1. The number of aryl methyl sites for hydroxylation is 1. The smallest absolute Gasteiger partial charge is 0.331 e. The van der Waals surface area contributed by atoms with Gasteiger partial charge in [0.2, 0.25) is 0 Å². The average molecular weight is 373 g/mol. The summed E-state index contributed by atoms with van der Waals surface area (Å²) >= 11 is 1.53. The molecule has 0 unspecified atom stereocenters. The van der Waals surface area contributed by atoms with Crippen molar-refractivity contribution >= 4 is 44.6 Å². The fourth-order valence-corrected chi connectivity index (χ4v) is 4.17. The summed E-state index contributed by atoms with van der Waals surface area (Å²) in [5.41, 5.74) is 3.43. The monoisotopic (exact) mass is 373 g/mol. The minimum absolute atomic E-state index is 0.173. The number of nitrogens with zero attached hydrogens (tertiary/aromatic N) is 2. The summed E-state index contributed by atoms with van der Waals surface area (Å²) in [5.74, 6) is 1.51. The summed E-state index contributed by atoms with van der Waals surface area (Å²) in [6.07, 6.45) is 1.74. The Kier molecular flexibility index (Phi) is 3.58. The number of pyridine rings is 1. The Morgan fingerprint density at radius 3 is 2.70 bits per heavy atom. The maximum absolute atomic E-state index is 12.8. The number of rotatable bonds is 3.